The molecule has 0 bridgehead atoms. The monoisotopic (exact) mass is 1330 g/mol. The Morgan fingerprint density at radius 2 is 0.553 bits per heavy atom. The maximum atomic E-state index is 2.72. The van der Waals surface area contributed by atoms with Gasteiger partial charge in [0.05, 0.1) is 33.4 Å². The molecule has 0 saturated heterocycles. The van der Waals surface area contributed by atoms with Crippen LogP contribution in [0.15, 0.2) is 279 Å². The maximum absolute atomic E-state index is 2.72. The first-order valence-corrected chi connectivity index (χ1v) is 37.0. The fourth-order valence-corrected chi connectivity index (χ4v) is 16.9. The summed E-state index contributed by atoms with van der Waals surface area (Å²) in [6.07, 6.45) is 0. The van der Waals surface area contributed by atoms with Gasteiger partial charge in [-0.05, 0) is 177 Å². The van der Waals surface area contributed by atoms with Crippen molar-refractivity contribution in [1.29, 1.82) is 0 Å². The highest BCUT2D eigenvalue weighted by Gasteiger charge is 2.46. The van der Waals surface area contributed by atoms with Gasteiger partial charge < -0.3 is 18.9 Å². The van der Waals surface area contributed by atoms with Crippen molar-refractivity contribution in [3.63, 3.8) is 0 Å². The summed E-state index contributed by atoms with van der Waals surface area (Å²) in [4.78, 5) is 5.44. The number of anilines is 6. The number of nitrogens with zero attached hydrogens (tertiary/aromatic N) is 4. The Hall–Kier alpha value is -10.9. The van der Waals surface area contributed by atoms with Gasteiger partial charge in [0, 0.05) is 66.8 Å². The van der Waals surface area contributed by atoms with Gasteiger partial charge in [-0.3, -0.25) is 0 Å². The Morgan fingerprint density at radius 1 is 0.233 bits per heavy atom. The van der Waals surface area contributed by atoms with E-state index >= 15 is 0 Å². The lowest BCUT2D eigenvalue weighted by molar-refractivity contribution is 0.590. The molecule has 506 valence electrons. The normalized spacial score (nSPS) is 13.3. The molecule has 13 aromatic carbocycles. The van der Waals surface area contributed by atoms with Crippen LogP contribution in [0.5, 0.6) is 0 Å². The Morgan fingerprint density at radius 3 is 0.893 bits per heavy atom. The summed E-state index contributed by atoms with van der Waals surface area (Å²) in [5, 5.41) is 4.94. The van der Waals surface area contributed by atoms with Crippen molar-refractivity contribution < 1.29 is 0 Å². The maximum Gasteiger partial charge on any atom is 0.252 e. The van der Waals surface area contributed by atoms with Gasteiger partial charge in [-0.15, -0.1) is 0 Å². The van der Waals surface area contributed by atoms with Gasteiger partial charge in [0.2, 0.25) is 0 Å². The van der Waals surface area contributed by atoms with Gasteiger partial charge in [0.15, 0.2) is 0 Å². The van der Waals surface area contributed by atoms with Crippen LogP contribution in [0.1, 0.15) is 132 Å². The molecule has 0 radical (unpaired) electrons. The van der Waals surface area contributed by atoms with Gasteiger partial charge in [-0.25, -0.2) is 0 Å². The van der Waals surface area contributed by atoms with E-state index in [9.17, 15) is 0 Å². The molecule has 0 aliphatic carbocycles. The molecule has 0 N–H and O–H groups in total. The topological polar surface area (TPSA) is 16.3 Å². The van der Waals surface area contributed by atoms with Gasteiger partial charge in [-0.2, -0.15) is 0 Å². The van der Waals surface area contributed by atoms with Crippen molar-refractivity contribution >= 4 is 101 Å². The Kier molecular flexibility index (Phi) is 15.2. The molecule has 4 heterocycles. The van der Waals surface area contributed by atoms with E-state index in [0.29, 0.717) is 0 Å². The minimum atomic E-state index is -0.314. The van der Waals surface area contributed by atoms with Crippen LogP contribution in [0.2, 0.25) is 0 Å². The molecular formula is C98H91BN4. The predicted molar refractivity (Wildman–Crippen MR) is 444 cm³/mol. The van der Waals surface area contributed by atoms with E-state index in [4.69, 9.17) is 0 Å². The molecule has 15 aromatic rings. The van der Waals surface area contributed by atoms with Crippen LogP contribution in [-0.4, -0.2) is 15.8 Å². The SMILES string of the molecule is CC(C)(C)c1ccc(-c2ccc(-c3ccccc3C(C)(C)C)c(N3c4cc(-n5c6ccccc6c6ccccc65)ccc4B4c5ccc(-n6c7ccccc7c7ccccc76)cc5N(c5cc(-c6ccc(C(C)(C)C)cc6)ccc5-c5ccccc5C(C)(C)C)c5cc(C(C)(C)C)cc3c54)c2)cc1. The first-order chi connectivity index (χ1) is 49.3. The van der Waals surface area contributed by atoms with E-state index in [1.54, 1.807) is 0 Å². The Labute approximate surface area is 609 Å². The molecule has 0 saturated carbocycles. The zero-order valence-corrected chi connectivity index (χ0v) is 62.4. The fourth-order valence-electron chi connectivity index (χ4n) is 16.9. The minimum Gasteiger partial charge on any atom is -0.311 e. The fraction of sp³-hybridized carbons (Fsp3) is 0.204. The molecule has 2 aliphatic rings. The minimum absolute atomic E-state index is 0.00162. The summed E-state index contributed by atoms with van der Waals surface area (Å²) in [5.41, 5.74) is 32.9. The van der Waals surface area contributed by atoms with Crippen LogP contribution in [-0.2, 0) is 27.1 Å². The zero-order chi connectivity index (χ0) is 71.4. The lowest BCUT2D eigenvalue weighted by atomic mass is 9.33. The number of aromatic nitrogens is 2. The molecule has 0 fully saturated rings. The Balaban J connectivity index is 1.04. The molecule has 2 aliphatic heterocycles. The van der Waals surface area contributed by atoms with Gasteiger partial charge in [0.1, 0.15) is 0 Å². The number of rotatable bonds is 8. The molecule has 103 heavy (non-hydrogen) atoms. The number of benzene rings is 13. The summed E-state index contributed by atoms with van der Waals surface area (Å²) >= 11 is 0. The molecular weight excluding hydrogens is 1240 g/mol. The lowest BCUT2D eigenvalue weighted by Gasteiger charge is -2.46. The highest BCUT2D eigenvalue weighted by molar-refractivity contribution is 7.00. The van der Waals surface area contributed by atoms with Crippen molar-refractivity contribution in [2.45, 2.75) is 131 Å². The van der Waals surface area contributed by atoms with Crippen LogP contribution < -0.4 is 26.2 Å². The predicted octanol–water partition coefficient (Wildman–Crippen LogP) is 25.1. The van der Waals surface area contributed by atoms with Crippen molar-refractivity contribution in [2.24, 2.45) is 0 Å². The van der Waals surface area contributed by atoms with Crippen LogP contribution >= 0.6 is 0 Å². The molecule has 0 spiro atoms. The van der Waals surface area contributed by atoms with Crippen LogP contribution in [0.3, 0.4) is 0 Å². The second-order valence-electron chi connectivity index (χ2n) is 34.2. The Bertz CT molecular complexity index is 5440. The van der Waals surface area contributed by atoms with Crippen molar-refractivity contribution in [3.8, 4) is 55.9 Å². The second kappa shape index (κ2) is 23.9. The standard InChI is InChI=1S/C98H91BN4/c1-94(2,3)66-46-40-62(41-47-66)64-44-52-77(71-28-16-22-34-79(71)97(10,11)12)87(56-64)102-89-60-69(100-83-36-24-18-30-73(83)74-31-19-25-37-84(74)100)50-54-81(89)99-82-55-51-70(101-85-38-26-20-32-75(85)76-33-21-27-39-86(76)101)61-90(82)103(92-59-68(96(7,8)9)58-91(102)93(92)99)88-57-65(63-42-48-67(49-43-63)95(4,5)6)45-53-78(88)72-29-17-23-35-80(72)98(13,14)15/h16-61H,1-15H3. The molecule has 4 nitrogen and oxygen atoms in total. The highest BCUT2D eigenvalue weighted by atomic mass is 15.2. The molecule has 0 amide bonds. The lowest BCUT2D eigenvalue weighted by Crippen LogP contribution is -2.61. The summed E-state index contributed by atoms with van der Waals surface area (Å²) in [6.45, 7) is 35.0. The number of hydrogen-bond donors (Lipinski definition) is 0. The summed E-state index contributed by atoms with van der Waals surface area (Å²) in [5.74, 6) is 0. The number of fused-ring (bicyclic) bond motifs is 10. The van der Waals surface area contributed by atoms with E-state index in [2.05, 4.69) is 402 Å². The van der Waals surface area contributed by atoms with Gasteiger partial charge in [0.25, 0.3) is 6.71 Å². The highest BCUT2D eigenvalue weighted by Crippen LogP contribution is 2.54. The summed E-state index contributed by atoms with van der Waals surface area (Å²) in [6, 6.07) is 108. The smallest absolute Gasteiger partial charge is 0.252 e. The van der Waals surface area contributed by atoms with E-state index in [1.165, 1.54) is 133 Å². The van der Waals surface area contributed by atoms with E-state index in [-0.39, 0.29) is 33.8 Å². The van der Waals surface area contributed by atoms with Crippen LogP contribution in [0.25, 0.3) is 99.5 Å². The third-order valence-electron chi connectivity index (χ3n) is 22.3. The van der Waals surface area contributed by atoms with Gasteiger partial charge in [-0.1, -0.05) is 310 Å². The molecule has 2 aromatic heterocycles. The van der Waals surface area contributed by atoms with Crippen LogP contribution in [0.4, 0.5) is 34.1 Å². The third-order valence-corrected chi connectivity index (χ3v) is 22.3. The van der Waals surface area contributed by atoms with Crippen molar-refractivity contribution in [3.05, 3.63) is 307 Å². The van der Waals surface area contributed by atoms with E-state index in [0.717, 1.165) is 45.3 Å². The average Bonchev–Trinajstić information content (AvgIpc) is 1.48. The first kappa shape index (κ1) is 65.4. The molecule has 0 atom stereocenters. The number of para-hydroxylation sites is 4. The quantitative estimate of drug-likeness (QED) is 0.141. The van der Waals surface area contributed by atoms with Gasteiger partial charge >= 0.3 is 0 Å². The first-order valence-electron chi connectivity index (χ1n) is 37.0. The van der Waals surface area contributed by atoms with Crippen molar-refractivity contribution in [2.75, 3.05) is 9.80 Å². The summed E-state index contributed by atoms with van der Waals surface area (Å²) in [7, 11) is 0. The van der Waals surface area contributed by atoms with E-state index < -0.39 is 0 Å². The molecule has 5 heteroatoms. The zero-order valence-electron chi connectivity index (χ0n) is 62.4. The number of hydrogen-bond acceptors (Lipinski definition) is 2. The summed E-state index contributed by atoms with van der Waals surface area (Å²) < 4.78 is 5.02. The van der Waals surface area contributed by atoms with Crippen molar-refractivity contribution in [1.82, 2.24) is 9.13 Å². The third kappa shape index (κ3) is 10.9. The molecule has 17 rings (SSSR count). The average molecular weight is 1340 g/mol. The largest absolute Gasteiger partial charge is 0.311 e. The second-order valence-corrected chi connectivity index (χ2v) is 34.2. The molecule has 0 unspecified atom stereocenters. The van der Waals surface area contributed by atoms with E-state index in [1.807, 2.05) is 0 Å². The van der Waals surface area contributed by atoms with Crippen LogP contribution in [0, 0.1) is 0 Å².